The molecule has 2 aliphatic heterocycles. The molecule has 3 heteroatoms. The fraction of sp³-hybridized carbons (Fsp3) is 1.00. The van der Waals surface area contributed by atoms with Crippen LogP contribution in [0.5, 0.6) is 0 Å². The molecule has 0 bridgehead atoms. The molecule has 2 heterocycles. The van der Waals surface area contributed by atoms with Crippen molar-refractivity contribution in [3.8, 4) is 0 Å². The molecule has 0 saturated carbocycles. The molecule has 0 aromatic heterocycles. The summed E-state index contributed by atoms with van der Waals surface area (Å²) >= 11 is 2.10. The van der Waals surface area contributed by atoms with Crippen LogP contribution in [0.3, 0.4) is 0 Å². The first-order valence-corrected chi connectivity index (χ1v) is 8.64. The van der Waals surface area contributed by atoms with E-state index >= 15 is 0 Å². The van der Waals surface area contributed by atoms with E-state index in [-0.39, 0.29) is 0 Å². The van der Waals surface area contributed by atoms with Crippen molar-refractivity contribution in [1.29, 1.82) is 0 Å². The zero-order chi connectivity index (χ0) is 11.8. The van der Waals surface area contributed by atoms with Crippen molar-refractivity contribution in [3.05, 3.63) is 0 Å². The standard InChI is InChI=1S/C14H28N2S/c1-2-5-10-16(9-4-1)11-6-3-8-15-14-7-12-17-13-14/h14-15H,1-13H2. The Morgan fingerprint density at radius 3 is 2.59 bits per heavy atom. The van der Waals surface area contributed by atoms with E-state index in [2.05, 4.69) is 22.0 Å². The molecule has 0 spiro atoms. The quantitative estimate of drug-likeness (QED) is 0.736. The molecule has 1 unspecified atom stereocenters. The van der Waals surface area contributed by atoms with Gasteiger partial charge >= 0.3 is 0 Å². The van der Waals surface area contributed by atoms with Gasteiger partial charge in [-0.05, 0) is 64.0 Å². The summed E-state index contributed by atoms with van der Waals surface area (Å²) in [7, 11) is 0. The van der Waals surface area contributed by atoms with Gasteiger partial charge < -0.3 is 10.2 Å². The van der Waals surface area contributed by atoms with Gasteiger partial charge in [0.15, 0.2) is 0 Å². The zero-order valence-electron chi connectivity index (χ0n) is 11.1. The van der Waals surface area contributed by atoms with E-state index in [9.17, 15) is 0 Å². The van der Waals surface area contributed by atoms with Gasteiger partial charge in [-0.3, -0.25) is 0 Å². The Hall–Kier alpha value is 0.270. The molecule has 1 N–H and O–H groups in total. The first kappa shape index (κ1) is 13.7. The van der Waals surface area contributed by atoms with E-state index in [4.69, 9.17) is 0 Å². The highest BCUT2D eigenvalue weighted by Crippen LogP contribution is 2.16. The summed E-state index contributed by atoms with van der Waals surface area (Å²) in [4.78, 5) is 2.68. The number of hydrogen-bond acceptors (Lipinski definition) is 3. The van der Waals surface area contributed by atoms with E-state index in [0.29, 0.717) is 0 Å². The second-order valence-electron chi connectivity index (χ2n) is 5.48. The lowest BCUT2D eigenvalue weighted by atomic mass is 10.2. The van der Waals surface area contributed by atoms with Gasteiger partial charge in [-0.1, -0.05) is 12.8 Å². The summed E-state index contributed by atoms with van der Waals surface area (Å²) in [5.74, 6) is 2.71. The van der Waals surface area contributed by atoms with E-state index in [1.807, 2.05) is 0 Å². The molecular weight excluding hydrogens is 228 g/mol. The van der Waals surface area contributed by atoms with Crippen molar-refractivity contribution in [3.63, 3.8) is 0 Å². The van der Waals surface area contributed by atoms with Crippen LogP contribution in [0.25, 0.3) is 0 Å². The number of thioether (sulfide) groups is 1. The van der Waals surface area contributed by atoms with Crippen molar-refractivity contribution >= 4 is 11.8 Å². The van der Waals surface area contributed by atoms with Crippen molar-refractivity contribution in [2.45, 2.75) is 51.0 Å². The largest absolute Gasteiger partial charge is 0.313 e. The Balaban J connectivity index is 1.44. The number of nitrogens with one attached hydrogen (secondary N) is 1. The van der Waals surface area contributed by atoms with Crippen LogP contribution < -0.4 is 5.32 Å². The second kappa shape index (κ2) is 8.39. The molecular formula is C14H28N2S. The Kier molecular flexibility index (Phi) is 6.76. The molecule has 2 rings (SSSR count). The number of unbranched alkanes of at least 4 members (excludes halogenated alkanes) is 1. The maximum Gasteiger partial charge on any atom is 0.0166 e. The highest BCUT2D eigenvalue weighted by atomic mass is 32.2. The van der Waals surface area contributed by atoms with Gasteiger partial charge in [0.25, 0.3) is 0 Å². The fourth-order valence-electron chi connectivity index (χ4n) is 2.82. The first-order chi connectivity index (χ1) is 8.45. The van der Waals surface area contributed by atoms with E-state index < -0.39 is 0 Å². The van der Waals surface area contributed by atoms with Crippen LogP contribution in [0.15, 0.2) is 0 Å². The average Bonchev–Trinajstić information content (AvgIpc) is 2.72. The Bertz CT molecular complexity index is 185. The topological polar surface area (TPSA) is 15.3 Å². The molecule has 2 saturated heterocycles. The number of rotatable bonds is 6. The van der Waals surface area contributed by atoms with Gasteiger partial charge in [0.2, 0.25) is 0 Å². The van der Waals surface area contributed by atoms with E-state index in [0.717, 1.165) is 6.04 Å². The smallest absolute Gasteiger partial charge is 0.0166 e. The van der Waals surface area contributed by atoms with Gasteiger partial charge in [-0.2, -0.15) is 11.8 Å². The minimum atomic E-state index is 0.818. The lowest BCUT2D eigenvalue weighted by Crippen LogP contribution is -2.30. The summed E-state index contributed by atoms with van der Waals surface area (Å²) in [6.07, 6.45) is 9.89. The molecule has 0 aromatic rings. The van der Waals surface area contributed by atoms with Gasteiger partial charge in [-0.25, -0.2) is 0 Å². The molecule has 2 fully saturated rings. The summed E-state index contributed by atoms with van der Waals surface area (Å²) in [6.45, 7) is 5.28. The summed E-state index contributed by atoms with van der Waals surface area (Å²) < 4.78 is 0. The van der Waals surface area contributed by atoms with Crippen LogP contribution in [0.2, 0.25) is 0 Å². The SMILES string of the molecule is C1CCCN(CCCCNC2CCSC2)CC1. The summed E-state index contributed by atoms with van der Waals surface area (Å²) in [6, 6.07) is 0.818. The van der Waals surface area contributed by atoms with Gasteiger partial charge in [0.1, 0.15) is 0 Å². The second-order valence-corrected chi connectivity index (χ2v) is 6.63. The normalized spacial score (nSPS) is 27.2. The maximum atomic E-state index is 3.69. The molecule has 0 radical (unpaired) electrons. The highest BCUT2D eigenvalue weighted by Gasteiger charge is 2.14. The van der Waals surface area contributed by atoms with Crippen LogP contribution in [-0.4, -0.2) is 48.6 Å². The van der Waals surface area contributed by atoms with Crippen molar-refractivity contribution in [1.82, 2.24) is 10.2 Å². The third-order valence-corrected chi connectivity index (χ3v) is 5.12. The zero-order valence-corrected chi connectivity index (χ0v) is 11.9. The maximum absolute atomic E-state index is 3.69. The van der Waals surface area contributed by atoms with Gasteiger partial charge in [0, 0.05) is 11.8 Å². The lowest BCUT2D eigenvalue weighted by Gasteiger charge is -2.19. The van der Waals surface area contributed by atoms with Crippen LogP contribution >= 0.6 is 11.8 Å². The van der Waals surface area contributed by atoms with E-state index in [1.54, 1.807) is 0 Å². The third-order valence-electron chi connectivity index (χ3n) is 3.96. The number of likely N-dealkylation sites (tertiary alicyclic amines) is 1. The molecule has 1 atom stereocenters. The minimum Gasteiger partial charge on any atom is -0.313 e. The predicted octanol–water partition coefficient (Wildman–Crippen LogP) is 2.74. The fourth-order valence-corrected chi connectivity index (χ4v) is 4.01. The van der Waals surface area contributed by atoms with Crippen molar-refractivity contribution < 1.29 is 0 Å². The van der Waals surface area contributed by atoms with Crippen molar-refractivity contribution in [2.24, 2.45) is 0 Å². The molecule has 2 nitrogen and oxygen atoms in total. The van der Waals surface area contributed by atoms with Crippen LogP contribution in [-0.2, 0) is 0 Å². The first-order valence-electron chi connectivity index (χ1n) is 7.48. The molecule has 100 valence electrons. The molecule has 0 aliphatic carbocycles. The van der Waals surface area contributed by atoms with Crippen LogP contribution in [0, 0.1) is 0 Å². The third kappa shape index (κ3) is 5.62. The summed E-state index contributed by atoms with van der Waals surface area (Å²) in [5.41, 5.74) is 0. The van der Waals surface area contributed by atoms with Gasteiger partial charge in [-0.15, -0.1) is 0 Å². The Morgan fingerprint density at radius 2 is 1.88 bits per heavy atom. The highest BCUT2D eigenvalue weighted by molar-refractivity contribution is 7.99. The van der Waals surface area contributed by atoms with Crippen molar-refractivity contribution in [2.75, 3.05) is 37.7 Å². The molecule has 17 heavy (non-hydrogen) atoms. The monoisotopic (exact) mass is 256 g/mol. The number of hydrogen-bond donors (Lipinski definition) is 1. The lowest BCUT2D eigenvalue weighted by molar-refractivity contribution is 0.278. The summed E-state index contributed by atoms with van der Waals surface area (Å²) in [5, 5.41) is 3.69. The Morgan fingerprint density at radius 1 is 1.06 bits per heavy atom. The number of nitrogens with zero attached hydrogens (tertiary/aromatic N) is 1. The molecule has 0 amide bonds. The van der Waals surface area contributed by atoms with Gasteiger partial charge in [0.05, 0.1) is 0 Å². The molecule has 2 aliphatic rings. The van der Waals surface area contributed by atoms with Crippen LogP contribution in [0.1, 0.15) is 44.9 Å². The predicted molar refractivity (Wildman–Crippen MR) is 77.9 cm³/mol. The van der Waals surface area contributed by atoms with Crippen LogP contribution in [0.4, 0.5) is 0 Å². The average molecular weight is 256 g/mol. The molecule has 0 aromatic carbocycles. The van der Waals surface area contributed by atoms with E-state index in [1.165, 1.54) is 82.6 Å². The minimum absolute atomic E-state index is 0.818. The Labute approximate surface area is 111 Å².